The molecule has 0 aliphatic heterocycles. The largest absolute Gasteiger partial charge is 0.374 e. The number of hydrogen-bond donors (Lipinski definition) is 1. The van der Waals surface area contributed by atoms with E-state index in [1.165, 1.54) is 18.4 Å². The number of thiocarbonyl (C=S) groups is 1. The van der Waals surface area contributed by atoms with E-state index in [1.807, 2.05) is 6.07 Å². The van der Waals surface area contributed by atoms with Crippen LogP contribution in [0.3, 0.4) is 0 Å². The van der Waals surface area contributed by atoms with Gasteiger partial charge in [-0.3, -0.25) is 0 Å². The van der Waals surface area contributed by atoms with Crippen LogP contribution in [-0.2, 0) is 0 Å². The summed E-state index contributed by atoms with van der Waals surface area (Å²) in [6.07, 6.45) is 10.8. The molecule has 1 aromatic rings. The van der Waals surface area contributed by atoms with Gasteiger partial charge in [-0.25, -0.2) is 4.68 Å². The molecule has 1 heterocycles. The van der Waals surface area contributed by atoms with Gasteiger partial charge in [-0.05, 0) is 49.5 Å². The molecule has 2 rings (SSSR count). The first-order chi connectivity index (χ1) is 8.92. The summed E-state index contributed by atoms with van der Waals surface area (Å²) in [4.78, 5) is 0. The van der Waals surface area contributed by atoms with Gasteiger partial charge in [0.05, 0.1) is 11.9 Å². The Kier molecular flexibility index (Phi) is 3.90. The normalized spacial score (nSPS) is 22.5. The van der Waals surface area contributed by atoms with Crippen LogP contribution in [0.4, 0.5) is 0 Å². The molecule has 1 atom stereocenters. The highest BCUT2D eigenvalue weighted by Crippen LogP contribution is 2.41. The molecule has 0 radical (unpaired) electrons. The molecule has 102 valence electrons. The van der Waals surface area contributed by atoms with E-state index in [4.69, 9.17) is 18.0 Å². The highest BCUT2D eigenvalue weighted by atomic mass is 32.1. The lowest BCUT2D eigenvalue weighted by molar-refractivity contribution is 0.256. The fourth-order valence-electron chi connectivity index (χ4n) is 2.80. The van der Waals surface area contributed by atoms with Gasteiger partial charge < -0.3 is 5.73 Å². The van der Waals surface area contributed by atoms with Gasteiger partial charge in [0.15, 0.2) is 5.11 Å². The molecule has 0 bridgehead atoms. The molecule has 19 heavy (non-hydrogen) atoms. The zero-order valence-electron chi connectivity index (χ0n) is 11.8. The highest BCUT2D eigenvalue weighted by molar-refractivity contribution is 7.80. The van der Waals surface area contributed by atoms with Crippen molar-refractivity contribution in [1.29, 1.82) is 0 Å². The van der Waals surface area contributed by atoms with Crippen molar-refractivity contribution in [1.82, 2.24) is 9.78 Å². The second kappa shape index (κ2) is 5.29. The van der Waals surface area contributed by atoms with Crippen molar-refractivity contribution in [2.45, 2.75) is 33.6 Å². The van der Waals surface area contributed by atoms with Gasteiger partial charge in [0.1, 0.15) is 0 Å². The van der Waals surface area contributed by atoms with Crippen LogP contribution in [0, 0.1) is 11.3 Å². The van der Waals surface area contributed by atoms with E-state index < -0.39 is 0 Å². The minimum atomic E-state index is 0.278. The van der Waals surface area contributed by atoms with Crippen molar-refractivity contribution in [2.24, 2.45) is 17.1 Å². The van der Waals surface area contributed by atoms with Gasteiger partial charge in [-0.15, -0.1) is 0 Å². The topological polar surface area (TPSA) is 43.8 Å². The quantitative estimate of drug-likeness (QED) is 0.665. The lowest BCUT2D eigenvalue weighted by Crippen LogP contribution is -2.26. The van der Waals surface area contributed by atoms with E-state index in [0.717, 1.165) is 5.69 Å². The van der Waals surface area contributed by atoms with E-state index in [2.05, 4.69) is 44.1 Å². The molecule has 0 saturated heterocycles. The van der Waals surface area contributed by atoms with E-state index in [0.29, 0.717) is 11.3 Å². The standard InChI is InChI=1S/C15H21N3S/c1-11-5-4-9-15(2,3)13(11)7-6-12-8-10-17-18(12)14(16)19/h5-8,10,13H,4,9H2,1-3H3,(H2,16,19)/b7-6+. The molecule has 3 nitrogen and oxygen atoms in total. The molecule has 1 aromatic heterocycles. The Bertz CT molecular complexity index is 537. The number of aromatic nitrogens is 2. The monoisotopic (exact) mass is 275 g/mol. The first-order valence-corrected chi connectivity index (χ1v) is 7.01. The lowest BCUT2D eigenvalue weighted by Gasteiger charge is -2.36. The molecule has 1 aliphatic carbocycles. The molecule has 0 fully saturated rings. The average Bonchev–Trinajstić information content (AvgIpc) is 2.75. The predicted octanol–water partition coefficient (Wildman–Crippen LogP) is 3.37. The molecule has 0 saturated carbocycles. The van der Waals surface area contributed by atoms with Crippen LogP contribution >= 0.6 is 12.2 Å². The highest BCUT2D eigenvalue weighted by Gasteiger charge is 2.30. The van der Waals surface area contributed by atoms with E-state index in [1.54, 1.807) is 10.9 Å². The van der Waals surface area contributed by atoms with Gasteiger partial charge in [-0.2, -0.15) is 5.10 Å². The van der Waals surface area contributed by atoms with Gasteiger partial charge in [0.2, 0.25) is 0 Å². The fourth-order valence-corrected chi connectivity index (χ4v) is 2.95. The van der Waals surface area contributed by atoms with E-state index in [-0.39, 0.29) is 5.11 Å². The summed E-state index contributed by atoms with van der Waals surface area (Å²) in [6, 6.07) is 1.92. The molecule has 2 N–H and O–H groups in total. The van der Waals surface area contributed by atoms with Gasteiger partial charge in [0, 0.05) is 5.92 Å². The molecule has 0 spiro atoms. The molecule has 1 unspecified atom stereocenters. The lowest BCUT2D eigenvalue weighted by atomic mass is 9.68. The smallest absolute Gasteiger partial charge is 0.191 e. The molecule has 4 heteroatoms. The summed E-state index contributed by atoms with van der Waals surface area (Å²) in [6.45, 7) is 6.85. The summed E-state index contributed by atoms with van der Waals surface area (Å²) in [5.74, 6) is 0.455. The molecular weight excluding hydrogens is 254 g/mol. The van der Waals surface area contributed by atoms with Crippen LogP contribution in [0.2, 0.25) is 0 Å². The third-order valence-electron chi connectivity index (χ3n) is 3.93. The maximum absolute atomic E-state index is 5.63. The van der Waals surface area contributed by atoms with Crippen LogP contribution in [0.15, 0.2) is 30.0 Å². The first-order valence-electron chi connectivity index (χ1n) is 6.60. The summed E-state index contributed by atoms with van der Waals surface area (Å²) in [5, 5.41) is 4.40. The molecule has 0 amide bonds. The van der Waals surface area contributed by atoms with Crippen molar-refractivity contribution in [3.05, 3.63) is 35.7 Å². The summed E-state index contributed by atoms with van der Waals surface area (Å²) >= 11 is 4.98. The van der Waals surface area contributed by atoms with Crippen molar-refractivity contribution in [3.8, 4) is 0 Å². The summed E-state index contributed by atoms with van der Waals surface area (Å²) in [5.41, 5.74) is 8.30. The van der Waals surface area contributed by atoms with Crippen LogP contribution < -0.4 is 5.73 Å². The second-order valence-corrected chi connectivity index (χ2v) is 6.24. The number of allylic oxidation sites excluding steroid dienone is 3. The first kappa shape index (κ1) is 14.0. The molecular formula is C15H21N3S. The number of nitrogens with zero attached hydrogens (tertiary/aromatic N) is 2. The maximum atomic E-state index is 5.63. The van der Waals surface area contributed by atoms with Crippen LogP contribution in [0.5, 0.6) is 0 Å². The van der Waals surface area contributed by atoms with Gasteiger partial charge >= 0.3 is 0 Å². The van der Waals surface area contributed by atoms with Crippen molar-refractivity contribution < 1.29 is 0 Å². The van der Waals surface area contributed by atoms with Gasteiger partial charge in [-0.1, -0.05) is 31.6 Å². The SMILES string of the molecule is CC1=CCCC(C)(C)C1/C=C/c1ccnn1C(N)=S. The Balaban J connectivity index is 2.26. The van der Waals surface area contributed by atoms with Crippen molar-refractivity contribution in [2.75, 3.05) is 0 Å². The third-order valence-corrected chi connectivity index (χ3v) is 4.10. The Labute approximate surface area is 120 Å². The maximum Gasteiger partial charge on any atom is 0.191 e. The van der Waals surface area contributed by atoms with Crippen molar-refractivity contribution in [3.63, 3.8) is 0 Å². The number of nitrogens with two attached hydrogens (primary N) is 1. The summed E-state index contributed by atoms with van der Waals surface area (Å²) in [7, 11) is 0. The zero-order chi connectivity index (χ0) is 14.0. The Hall–Kier alpha value is -1.42. The molecule has 1 aliphatic rings. The summed E-state index contributed by atoms with van der Waals surface area (Å²) < 4.78 is 1.58. The fraction of sp³-hybridized carbons (Fsp3) is 0.467. The Morgan fingerprint density at radius 1 is 1.58 bits per heavy atom. The average molecular weight is 275 g/mol. The third kappa shape index (κ3) is 2.95. The minimum Gasteiger partial charge on any atom is -0.374 e. The van der Waals surface area contributed by atoms with Crippen LogP contribution in [0.25, 0.3) is 6.08 Å². The van der Waals surface area contributed by atoms with Crippen LogP contribution in [0.1, 0.15) is 39.3 Å². The van der Waals surface area contributed by atoms with Gasteiger partial charge in [0.25, 0.3) is 0 Å². The number of hydrogen-bond acceptors (Lipinski definition) is 2. The minimum absolute atomic E-state index is 0.278. The second-order valence-electron chi connectivity index (χ2n) is 5.82. The number of rotatable bonds is 2. The Morgan fingerprint density at radius 3 is 2.95 bits per heavy atom. The van der Waals surface area contributed by atoms with E-state index in [9.17, 15) is 0 Å². The molecule has 0 aromatic carbocycles. The van der Waals surface area contributed by atoms with Crippen molar-refractivity contribution >= 4 is 23.4 Å². The van der Waals surface area contributed by atoms with Crippen LogP contribution in [-0.4, -0.2) is 14.9 Å². The predicted molar refractivity (Wildman–Crippen MR) is 83.7 cm³/mol. The van der Waals surface area contributed by atoms with E-state index >= 15 is 0 Å². The zero-order valence-corrected chi connectivity index (χ0v) is 12.6. The Morgan fingerprint density at radius 2 is 2.32 bits per heavy atom.